The predicted octanol–water partition coefficient (Wildman–Crippen LogP) is 3.30. The highest BCUT2D eigenvalue weighted by molar-refractivity contribution is 5.27. The first-order valence-corrected chi connectivity index (χ1v) is 7.61. The maximum absolute atomic E-state index is 5.67. The van der Waals surface area contributed by atoms with Crippen LogP contribution in [-0.4, -0.2) is 28.8 Å². The van der Waals surface area contributed by atoms with E-state index in [0.29, 0.717) is 12.0 Å². The summed E-state index contributed by atoms with van der Waals surface area (Å²) in [4.78, 5) is 4.40. The lowest BCUT2D eigenvalue weighted by atomic mass is 10.1. The van der Waals surface area contributed by atoms with E-state index in [9.17, 15) is 0 Å². The fourth-order valence-corrected chi connectivity index (χ4v) is 2.47. The van der Waals surface area contributed by atoms with Crippen molar-refractivity contribution >= 4 is 5.95 Å². The van der Waals surface area contributed by atoms with E-state index < -0.39 is 0 Å². The number of ether oxygens (including phenoxy) is 1. The van der Waals surface area contributed by atoms with Crippen LogP contribution in [0.2, 0.25) is 0 Å². The SMILES string of the molecule is CC(C)CCOCCn1ccnc1NC1CCCC1. The zero-order valence-corrected chi connectivity index (χ0v) is 12.3. The van der Waals surface area contributed by atoms with Crippen molar-refractivity contribution in [3.8, 4) is 0 Å². The molecule has 19 heavy (non-hydrogen) atoms. The summed E-state index contributed by atoms with van der Waals surface area (Å²) >= 11 is 0. The van der Waals surface area contributed by atoms with Crippen molar-refractivity contribution in [1.82, 2.24) is 9.55 Å². The Bertz CT molecular complexity index is 356. The second-order valence-electron chi connectivity index (χ2n) is 5.86. The van der Waals surface area contributed by atoms with E-state index in [1.807, 2.05) is 12.4 Å². The highest BCUT2D eigenvalue weighted by Gasteiger charge is 2.16. The summed E-state index contributed by atoms with van der Waals surface area (Å²) in [5.74, 6) is 1.71. The van der Waals surface area contributed by atoms with Crippen LogP contribution in [0.5, 0.6) is 0 Å². The molecule has 108 valence electrons. The largest absolute Gasteiger partial charge is 0.380 e. The molecule has 1 aliphatic carbocycles. The number of hydrogen-bond acceptors (Lipinski definition) is 3. The maximum Gasteiger partial charge on any atom is 0.203 e. The summed E-state index contributed by atoms with van der Waals surface area (Å²) in [6.45, 7) is 6.96. The Morgan fingerprint density at radius 3 is 2.89 bits per heavy atom. The molecule has 0 aromatic carbocycles. The van der Waals surface area contributed by atoms with Crippen LogP contribution < -0.4 is 5.32 Å². The van der Waals surface area contributed by atoms with Crippen LogP contribution in [0.3, 0.4) is 0 Å². The third-order valence-electron chi connectivity index (χ3n) is 3.72. The van der Waals surface area contributed by atoms with E-state index in [-0.39, 0.29) is 0 Å². The molecule has 1 aromatic rings. The van der Waals surface area contributed by atoms with Crippen molar-refractivity contribution in [2.75, 3.05) is 18.5 Å². The third kappa shape index (κ3) is 4.86. The standard InChI is InChI=1S/C15H27N3O/c1-13(2)7-11-19-12-10-18-9-8-16-15(18)17-14-5-3-4-6-14/h8-9,13-14H,3-7,10-12H2,1-2H3,(H,16,17). The van der Waals surface area contributed by atoms with Gasteiger partial charge in [0.15, 0.2) is 0 Å². The average molecular weight is 265 g/mol. The van der Waals surface area contributed by atoms with Crippen LogP contribution in [0.1, 0.15) is 46.0 Å². The van der Waals surface area contributed by atoms with E-state index >= 15 is 0 Å². The summed E-state index contributed by atoms with van der Waals surface area (Å²) in [6, 6.07) is 0.614. The molecule has 0 bridgehead atoms. The summed E-state index contributed by atoms with van der Waals surface area (Å²) in [5.41, 5.74) is 0. The summed E-state index contributed by atoms with van der Waals surface area (Å²) < 4.78 is 7.83. The Hall–Kier alpha value is -1.03. The van der Waals surface area contributed by atoms with E-state index in [1.165, 1.54) is 25.7 Å². The number of anilines is 1. The van der Waals surface area contributed by atoms with E-state index in [0.717, 1.165) is 32.1 Å². The third-order valence-corrected chi connectivity index (χ3v) is 3.72. The van der Waals surface area contributed by atoms with Crippen LogP contribution in [-0.2, 0) is 11.3 Å². The van der Waals surface area contributed by atoms with Gasteiger partial charge < -0.3 is 14.6 Å². The predicted molar refractivity (Wildman–Crippen MR) is 78.4 cm³/mol. The topological polar surface area (TPSA) is 39.1 Å². The molecule has 1 aromatic heterocycles. The Kier molecular flexibility index (Phi) is 5.70. The van der Waals surface area contributed by atoms with Crippen molar-refractivity contribution in [2.24, 2.45) is 5.92 Å². The molecule has 1 N–H and O–H groups in total. The number of nitrogens with zero attached hydrogens (tertiary/aromatic N) is 2. The summed E-state index contributed by atoms with van der Waals surface area (Å²) in [7, 11) is 0. The van der Waals surface area contributed by atoms with Crippen molar-refractivity contribution in [3.05, 3.63) is 12.4 Å². The second-order valence-corrected chi connectivity index (χ2v) is 5.86. The molecule has 1 fully saturated rings. The number of imidazole rings is 1. The van der Waals surface area contributed by atoms with Crippen molar-refractivity contribution in [2.45, 2.75) is 58.5 Å². The van der Waals surface area contributed by atoms with Crippen LogP contribution in [0.4, 0.5) is 5.95 Å². The Balaban J connectivity index is 1.69. The van der Waals surface area contributed by atoms with Gasteiger partial charge in [0, 0.05) is 31.6 Å². The number of aromatic nitrogens is 2. The Morgan fingerprint density at radius 2 is 2.16 bits per heavy atom. The zero-order valence-electron chi connectivity index (χ0n) is 12.3. The summed E-state index contributed by atoms with van der Waals surface area (Å²) in [5, 5.41) is 3.54. The van der Waals surface area contributed by atoms with Crippen LogP contribution >= 0.6 is 0 Å². The maximum atomic E-state index is 5.67. The van der Waals surface area contributed by atoms with E-state index in [4.69, 9.17) is 4.74 Å². The molecular weight excluding hydrogens is 238 g/mol. The molecule has 2 rings (SSSR count). The highest BCUT2D eigenvalue weighted by atomic mass is 16.5. The first kappa shape index (κ1) is 14.4. The zero-order chi connectivity index (χ0) is 13.5. The van der Waals surface area contributed by atoms with E-state index in [2.05, 4.69) is 28.7 Å². The molecule has 0 aliphatic heterocycles. The first-order valence-electron chi connectivity index (χ1n) is 7.61. The van der Waals surface area contributed by atoms with Gasteiger partial charge >= 0.3 is 0 Å². The van der Waals surface area contributed by atoms with Gasteiger partial charge in [0.2, 0.25) is 5.95 Å². The second kappa shape index (κ2) is 7.53. The molecule has 0 spiro atoms. The fourth-order valence-electron chi connectivity index (χ4n) is 2.47. The lowest BCUT2D eigenvalue weighted by Crippen LogP contribution is -2.19. The molecule has 0 unspecified atom stereocenters. The van der Waals surface area contributed by atoms with Gasteiger partial charge in [0.05, 0.1) is 6.61 Å². The van der Waals surface area contributed by atoms with Gasteiger partial charge in [-0.15, -0.1) is 0 Å². The highest BCUT2D eigenvalue weighted by Crippen LogP contribution is 2.21. The van der Waals surface area contributed by atoms with E-state index in [1.54, 1.807) is 0 Å². The number of rotatable bonds is 8. The van der Waals surface area contributed by atoms with Crippen molar-refractivity contribution in [1.29, 1.82) is 0 Å². The van der Waals surface area contributed by atoms with Crippen LogP contribution in [0.15, 0.2) is 12.4 Å². The molecule has 0 atom stereocenters. The number of nitrogens with one attached hydrogen (secondary N) is 1. The molecule has 0 saturated heterocycles. The smallest absolute Gasteiger partial charge is 0.203 e. The van der Waals surface area contributed by atoms with Crippen LogP contribution in [0, 0.1) is 5.92 Å². The van der Waals surface area contributed by atoms with Gasteiger partial charge in [-0.2, -0.15) is 0 Å². The summed E-state index contributed by atoms with van der Waals surface area (Å²) in [6.07, 6.45) is 10.3. The lowest BCUT2D eigenvalue weighted by Gasteiger charge is -2.15. The molecule has 0 amide bonds. The van der Waals surface area contributed by atoms with Gasteiger partial charge in [-0.05, 0) is 25.2 Å². The Morgan fingerprint density at radius 1 is 1.37 bits per heavy atom. The molecule has 0 radical (unpaired) electrons. The molecular formula is C15H27N3O. The quantitative estimate of drug-likeness (QED) is 0.733. The molecule has 1 aliphatic rings. The molecule has 4 nitrogen and oxygen atoms in total. The van der Waals surface area contributed by atoms with Gasteiger partial charge in [0.1, 0.15) is 0 Å². The average Bonchev–Trinajstić information content (AvgIpc) is 3.01. The monoisotopic (exact) mass is 265 g/mol. The van der Waals surface area contributed by atoms with Gasteiger partial charge in [0.25, 0.3) is 0 Å². The number of hydrogen-bond donors (Lipinski definition) is 1. The first-order chi connectivity index (χ1) is 9.25. The lowest BCUT2D eigenvalue weighted by molar-refractivity contribution is 0.116. The molecule has 4 heteroatoms. The van der Waals surface area contributed by atoms with Crippen molar-refractivity contribution < 1.29 is 4.74 Å². The molecule has 1 saturated carbocycles. The van der Waals surface area contributed by atoms with Gasteiger partial charge in [-0.25, -0.2) is 4.98 Å². The fraction of sp³-hybridized carbons (Fsp3) is 0.800. The molecule has 1 heterocycles. The normalized spacial score (nSPS) is 16.4. The van der Waals surface area contributed by atoms with Crippen molar-refractivity contribution in [3.63, 3.8) is 0 Å². The van der Waals surface area contributed by atoms with Crippen LogP contribution in [0.25, 0.3) is 0 Å². The minimum Gasteiger partial charge on any atom is -0.380 e. The van der Waals surface area contributed by atoms with Gasteiger partial charge in [-0.1, -0.05) is 26.7 Å². The van der Waals surface area contributed by atoms with Gasteiger partial charge in [-0.3, -0.25) is 0 Å². The Labute approximate surface area is 116 Å². The minimum atomic E-state index is 0.614. The minimum absolute atomic E-state index is 0.614.